The van der Waals surface area contributed by atoms with Crippen molar-refractivity contribution >= 4 is 135 Å². The molecule has 0 bridgehead atoms. The lowest BCUT2D eigenvalue weighted by Gasteiger charge is -2.79. The van der Waals surface area contributed by atoms with Crippen molar-refractivity contribution in [3.8, 4) is 0 Å². The van der Waals surface area contributed by atoms with Crippen LogP contribution in [0.4, 0.5) is 5.82 Å². The summed E-state index contributed by atoms with van der Waals surface area (Å²) in [6.45, 7) is 7.03. The van der Waals surface area contributed by atoms with Crippen LogP contribution in [0.1, 0.15) is 61.0 Å². The molecule has 228 valence electrons. The second-order valence-corrected chi connectivity index (χ2v) is 15.1. The number of carbonyl (C=O) groups is 2. The summed E-state index contributed by atoms with van der Waals surface area (Å²) in [7, 11) is 64.3. The van der Waals surface area contributed by atoms with Crippen molar-refractivity contribution in [3.05, 3.63) is 68.7 Å². The van der Waals surface area contributed by atoms with Crippen LogP contribution in [-0.2, 0) is 9.53 Å². The van der Waals surface area contributed by atoms with Crippen LogP contribution in [0.3, 0.4) is 0 Å². The molecule has 1 amide bonds. The minimum atomic E-state index is -2.44. The number of aromatic nitrogens is 1. The largest absolute Gasteiger partial charge is 0.460 e. The van der Waals surface area contributed by atoms with Gasteiger partial charge in [0.15, 0.2) is 0 Å². The SMILES string of the molecule is [B]C1([B])N(c2nc3ccc(Br)cc3c(C(=O)NCC(CCC(=O)OC(C)(C)C)c3ccccc3Cl)c2C)C([B])([B])C([B])([B])C([B])([B])C1([B])[B]. The maximum atomic E-state index is 14.3. The summed E-state index contributed by atoms with van der Waals surface area (Å²) >= 11 is 10.0. The third-order valence-electron chi connectivity index (χ3n) is 9.01. The Morgan fingerprint density at radius 2 is 1.51 bits per heavy atom. The molecule has 6 nitrogen and oxygen atoms in total. The lowest BCUT2D eigenvalue weighted by atomic mass is 9.05. The number of carbonyl (C=O) groups excluding carboxylic acids is 2. The molecule has 2 heterocycles. The van der Waals surface area contributed by atoms with E-state index in [1.165, 1.54) is 0 Å². The Morgan fingerprint density at radius 3 is 2.06 bits per heavy atom. The van der Waals surface area contributed by atoms with Crippen LogP contribution < -0.4 is 10.2 Å². The second kappa shape index (κ2) is 13.5. The number of hydrogen-bond donors (Lipinski definition) is 1. The minimum Gasteiger partial charge on any atom is -0.460 e. The summed E-state index contributed by atoms with van der Waals surface area (Å²) in [5.74, 6) is -1.40. The molecule has 1 fully saturated rings. The molecule has 1 aromatic heterocycles. The molecule has 0 spiro atoms. The van der Waals surface area contributed by atoms with Crippen molar-refractivity contribution in [2.45, 2.75) is 78.4 Å². The maximum absolute atomic E-state index is 14.3. The van der Waals surface area contributed by atoms with Gasteiger partial charge in [-0.25, -0.2) is 4.98 Å². The molecule has 4 rings (SSSR count). The van der Waals surface area contributed by atoms with Crippen LogP contribution in [0.15, 0.2) is 46.9 Å². The predicted octanol–water partition coefficient (Wildman–Crippen LogP) is 2.76. The van der Waals surface area contributed by atoms with E-state index in [9.17, 15) is 9.59 Å². The van der Waals surface area contributed by atoms with Gasteiger partial charge in [0.1, 0.15) is 11.4 Å². The first-order chi connectivity index (χ1) is 22.3. The number of amides is 1. The van der Waals surface area contributed by atoms with Crippen molar-refractivity contribution in [1.82, 2.24) is 10.3 Å². The summed E-state index contributed by atoms with van der Waals surface area (Å²) in [5.41, 5.74) is 0.751. The highest BCUT2D eigenvalue weighted by Gasteiger charge is 2.64. The van der Waals surface area contributed by atoms with E-state index in [-0.39, 0.29) is 41.8 Å². The van der Waals surface area contributed by atoms with Gasteiger partial charge in [-0.2, -0.15) is 0 Å². The molecule has 1 unspecified atom stereocenters. The maximum Gasteiger partial charge on any atom is 0.306 e. The molecule has 20 radical (unpaired) electrons. The van der Waals surface area contributed by atoms with Crippen LogP contribution in [0, 0.1) is 6.92 Å². The van der Waals surface area contributed by atoms with Gasteiger partial charge in [-0.3, -0.25) is 9.59 Å². The summed E-state index contributed by atoms with van der Waals surface area (Å²) in [6, 6.07) is 12.3. The zero-order chi connectivity index (χ0) is 37.1. The summed E-state index contributed by atoms with van der Waals surface area (Å²) < 4.78 is 6.16. The standard InChI is InChI=1S/C31H27B10BrClN3O3/c1-15-23(25(48)44-14-16(18-7-5-6-8-20(18)43)9-12-22(47)49-26(2,3)4)19-13-17(42)10-11-21(19)45-24(15)46-30(38,39)28(34,35)27(32,33)29(36,37)31(46,40)41/h5-8,10-11,13,16H,9,12,14H2,1-4H3,(H,44,48). The highest BCUT2D eigenvalue weighted by atomic mass is 79.9. The number of nitrogens with one attached hydrogen (secondary N) is 1. The molecule has 1 atom stereocenters. The Bertz CT molecular complexity index is 1760. The number of rotatable bonds is 8. The highest BCUT2D eigenvalue weighted by molar-refractivity contribution is 9.10. The predicted molar refractivity (Wildman–Crippen MR) is 209 cm³/mol. The van der Waals surface area contributed by atoms with E-state index in [1.807, 2.05) is 12.1 Å². The molecule has 1 N–H and O–H groups in total. The van der Waals surface area contributed by atoms with Crippen LogP contribution in [0.25, 0.3) is 10.9 Å². The van der Waals surface area contributed by atoms with E-state index in [2.05, 4.69) is 21.2 Å². The van der Waals surface area contributed by atoms with Gasteiger partial charge in [-0.05, 0) is 74.6 Å². The Hall–Kier alpha value is -1.99. The number of piperidine rings is 1. The number of ether oxygens (including phenoxy) is 1. The monoisotopic (exact) mass is 713 g/mol. The van der Waals surface area contributed by atoms with E-state index < -0.39 is 37.8 Å². The molecule has 1 aliphatic heterocycles. The molecule has 2 aromatic carbocycles. The highest BCUT2D eigenvalue weighted by Crippen LogP contribution is 2.69. The Labute approximate surface area is 316 Å². The average Bonchev–Trinajstić information content (AvgIpc) is 2.96. The van der Waals surface area contributed by atoms with E-state index >= 15 is 0 Å². The fraction of sp³-hybridized carbons (Fsp3) is 0.452. The summed E-state index contributed by atoms with van der Waals surface area (Å²) in [6.07, 6.45) is 0.412. The average molecular weight is 713 g/mol. The van der Waals surface area contributed by atoms with Crippen molar-refractivity contribution in [3.63, 3.8) is 0 Å². The Kier molecular flexibility index (Phi) is 11.0. The zero-order valence-electron chi connectivity index (χ0n) is 27.9. The fourth-order valence-electron chi connectivity index (χ4n) is 6.02. The lowest BCUT2D eigenvalue weighted by Crippen LogP contribution is -2.81. The first-order valence-electron chi connectivity index (χ1n) is 15.3. The zero-order valence-corrected chi connectivity index (χ0v) is 30.2. The van der Waals surface area contributed by atoms with Crippen LogP contribution in [-0.4, -0.2) is 118 Å². The van der Waals surface area contributed by atoms with E-state index in [0.29, 0.717) is 26.8 Å². The van der Waals surface area contributed by atoms with Crippen molar-refractivity contribution < 1.29 is 14.3 Å². The number of hydrogen-bond acceptors (Lipinski definition) is 5. The van der Waals surface area contributed by atoms with Gasteiger partial charge in [0, 0.05) is 39.3 Å². The molecular formula is C31H27B10BrClN3O3. The van der Waals surface area contributed by atoms with Crippen LogP contribution >= 0.6 is 27.5 Å². The molecule has 1 aliphatic rings. The lowest BCUT2D eigenvalue weighted by molar-refractivity contribution is -0.155. The quantitative estimate of drug-likeness (QED) is 0.288. The van der Waals surface area contributed by atoms with E-state index in [4.69, 9.17) is 99.8 Å². The topological polar surface area (TPSA) is 71.5 Å². The van der Waals surface area contributed by atoms with E-state index in [1.54, 1.807) is 58.0 Å². The number of pyridine rings is 1. The molecule has 18 heteroatoms. The first-order valence-corrected chi connectivity index (χ1v) is 16.5. The first kappa shape index (κ1) is 39.8. The Balaban J connectivity index is 1.82. The van der Waals surface area contributed by atoms with Gasteiger partial charge < -0.3 is 15.0 Å². The number of benzene rings is 2. The van der Waals surface area contributed by atoms with E-state index in [0.717, 1.165) is 10.5 Å². The molecule has 49 heavy (non-hydrogen) atoms. The molecule has 3 aromatic rings. The van der Waals surface area contributed by atoms with Gasteiger partial charge >= 0.3 is 5.97 Å². The number of esters is 1. The van der Waals surface area contributed by atoms with Gasteiger partial charge in [-0.1, -0.05) is 45.7 Å². The molecule has 0 aliphatic carbocycles. The second-order valence-electron chi connectivity index (χ2n) is 13.7. The molecule has 1 saturated heterocycles. The third-order valence-corrected chi connectivity index (χ3v) is 9.85. The fourth-order valence-corrected chi connectivity index (χ4v) is 6.67. The van der Waals surface area contributed by atoms with Crippen molar-refractivity contribution in [2.24, 2.45) is 0 Å². The van der Waals surface area contributed by atoms with Gasteiger partial charge in [-0.15, -0.1) is 15.6 Å². The summed E-state index contributed by atoms with van der Waals surface area (Å²) in [4.78, 5) is 32.6. The van der Waals surface area contributed by atoms with Crippen LogP contribution in [0.2, 0.25) is 20.7 Å². The van der Waals surface area contributed by atoms with Crippen molar-refractivity contribution in [2.75, 3.05) is 11.4 Å². The number of fused-ring (bicyclic) bond motifs is 1. The molecule has 0 saturated carbocycles. The third kappa shape index (κ3) is 6.98. The number of nitrogens with zero attached hydrogens (tertiary/aromatic N) is 2. The summed E-state index contributed by atoms with van der Waals surface area (Å²) in [5, 5.41) is -8.26. The smallest absolute Gasteiger partial charge is 0.306 e. The minimum absolute atomic E-state index is 0.0834. The Morgan fingerprint density at radius 1 is 0.939 bits per heavy atom. The normalized spacial score (nSPS) is 19.5. The molecular weight excluding hydrogens is 686 g/mol. The van der Waals surface area contributed by atoms with Gasteiger partial charge in [0.05, 0.1) is 89.5 Å². The van der Waals surface area contributed by atoms with Crippen molar-refractivity contribution in [1.29, 1.82) is 0 Å². The van der Waals surface area contributed by atoms with Gasteiger partial charge in [0.25, 0.3) is 5.91 Å². The van der Waals surface area contributed by atoms with Gasteiger partial charge in [0.2, 0.25) is 0 Å². The number of anilines is 1. The number of halogens is 2. The van der Waals surface area contributed by atoms with Crippen LogP contribution in [0.5, 0.6) is 0 Å².